The summed E-state index contributed by atoms with van der Waals surface area (Å²) in [6, 6.07) is 9.09. The number of imidazole rings is 1. The van der Waals surface area contributed by atoms with Crippen LogP contribution in [-0.2, 0) is 16.9 Å². The lowest BCUT2D eigenvalue weighted by atomic mass is 9.98. The number of nitrogens with zero attached hydrogens (tertiary/aromatic N) is 4. The van der Waals surface area contributed by atoms with Crippen LogP contribution in [0.1, 0.15) is 41.9 Å². The summed E-state index contributed by atoms with van der Waals surface area (Å²) in [4.78, 5) is 37.3. The number of carbonyl (C=O) groups excluding carboxylic acids is 2. The van der Waals surface area contributed by atoms with Gasteiger partial charge in [-0.05, 0) is 62.6 Å². The van der Waals surface area contributed by atoms with E-state index in [1.807, 2.05) is 33.7 Å². The summed E-state index contributed by atoms with van der Waals surface area (Å²) in [5, 5.41) is 13.4. The zero-order valence-electron chi connectivity index (χ0n) is 20.1. The van der Waals surface area contributed by atoms with E-state index in [9.17, 15) is 14.7 Å². The van der Waals surface area contributed by atoms with Gasteiger partial charge >= 0.3 is 0 Å². The summed E-state index contributed by atoms with van der Waals surface area (Å²) < 4.78 is 7.27. The van der Waals surface area contributed by atoms with Gasteiger partial charge in [-0.25, -0.2) is 9.97 Å². The number of oxazole rings is 1. The lowest BCUT2D eigenvalue weighted by molar-refractivity contribution is -0.126. The molecule has 36 heavy (non-hydrogen) atoms. The maximum Gasteiger partial charge on any atom is 0.268 e. The number of carbonyl (C=O) groups is 2. The number of nitrogens with one attached hydrogen (secondary N) is 1. The highest BCUT2D eigenvalue weighted by atomic mass is 32.1. The standard InChI is InChI=1S/C26H27N5O4S/c1-4-23(32)30-11-5-6-17(30)14-31-19-8-7-16(26(2,3)34)12-18(19)28-25(31)29-24(33)22-10-9-21(36-22)20-13-27-15-35-20/h4,7-10,12-13,15,17,34H,1,5-6,11,14H2,2-3H3,(H,28,29,33)/t17-/m1/s1. The topological polar surface area (TPSA) is 113 Å². The normalized spacial score (nSPS) is 16.0. The van der Waals surface area contributed by atoms with Crippen molar-refractivity contribution in [2.75, 3.05) is 11.9 Å². The molecule has 1 saturated heterocycles. The Morgan fingerprint density at radius 1 is 1.33 bits per heavy atom. The SMILES string of the molecule is C=CC(=O)N1CCC[C@@H]1Cn1c(NC(=O)c2ccc(-c3cnco3)s2)nc2cc(C(C)(C)O)ccc21. The van der Waals surface area contributed by atoms with Crippen LogP contribution >= 0.6 is 11.3 Å². The maximum atomic E-state index is 13.2. The van der Waals surface area contributed by atoms with E-state index in [1.54, 1.807) is 26.1 Å². The second-order valence-corrected chi connectivity index (χ2v) is 10.4. The van der Waals surface area contributed by atoms with Crippen LogP contribution in [0, 0.1) is 0 Å². The average Bonchev–Trinajstić information content (AvgIpc) is 3.64. The van der Waals surface area contributed by atoms with Gasteiger partial charge < -0.3 is 19.0 Å². The van der Waals surface area contributed by atoms with Crippen molar-refractivity contribution in [1.82, 2.24) is 19.4 Å². The number of likely N-dealkylation sites (tertiary alicyclic amines) is 1. The molecule has 0 unspecified atom stereocenters. The summed E-state index contributed by atoms with van der Waals surface area (Å²) in [7, 11) is 0. The summed E-state index contributed by atoms with van der Waals surface area (Å²) >= 11 is 1.30. The minimum atomic E-state index is -1.03. The minimum absolute atomic E-state index is 0.0442. The molecule has 3 aromatic heterocycles. The number of hydrogen-bond acceptors (Lipinski definition) is 7. The fourth-order valence-electron chi connectivity index (χ4n) is 4.53. The van der Waals surface area contributed by atoms with Crippen LogP contribution in [0.5, 0.6) is 0 Å². The highest BCUT2D eigenvalue weighted by molar-refractivity contribution is 7.17. The van der Waals surface area contributed by atoms with Gasteiger partial charge in [-0.2, -0.15) is 0 Å². The second-order valence-electron chi connectivity index (χ2n) is 9.32. The summed E-state index contributed by atoms with van der Waals surface area (Å²) in [5.41, 5.74) is 1.15. The molecule has 0 saturated carbocycles. The second kappa shape index (κ2) is 9.36. The number of anilines is 1. The number of thiophene rings is 1. The molecule has 0 bridgehead atoms. The molecular weight excluding hydrogens is 478 g/mol. The van der Waals surface area contributed by atoms with E-state index < -0.39 is 5.60 Å². The van der Waals surface area contributed by atoms with Gasteiger partial charge in [-0.15, -0.1) is 11.3 Å². The van der Waals surface area contributed by atoms with Crippen molar-refractivity contribution in [3.05, 3.63) is 66.0 Å². The maximum absolute atomic E-state index is 13.2. The molecule has 1 fully saturated rings. The van der Waals surface area contributed by atoms with Gasteiger partial charge in [0.25, 0.3) is 5.91 Å². The molecule has 5 rings (SSSR count). The molecule has 1 aliphatic rings. The van der Waals surface area contributed by atoms with Crippen LogP contribution in [0.2, 0.25) is 0 Å². The fourth-order valence-corrected chi connectivity index (χ4v) is 5.38. The van der Waals surface area contributed by atoms with Crippen LogP contribution < -0.4 is 5.32 Å². The molecule has 1 aromatic carbocycles. The molecule has 4 heterocycles. The monoisotopic (exact) mass is 505 g/mol. The Morgan fingerprint density at radius 2 is 2.17 bits per heavy atom. The third-order valence-electron chi connectivity index (χ3n) is 6.41. The highest BCUT2D eigenvalue weighted by Crippen LogP contribution is 2.31. The first-order chi connectivity index (χ1) is 17.2. The van der Waals surface area contributed by atoms with Crippen molar-refractivity contribution in [2.24, 2.45) is 0 Å². The van der Waals surface area contributed by atoms with Gasteiger partial charge in [0.2, 0.25) is 11.9 Å². The molecule has 10 heteroatoms. The van der Waals surface area contributed by atoms with Crippen molar-refractivity contribution >= 4 is 40.1 Å². The quantitative estimate of drug-likeness (QED) is 0.360. The lowest BCUT2D eigenvalue weighted by Gasteiger charge is -2.25. The molecule has 4 aromatic rings. The van der Waals surface area contributed by atoms with E-state index in [-0.39, 0.29) is 17.9 Å². The van der Waals surface area contributed by atoms with Crippen LogP contribution in [0.25, 0.3) is 21.7 Å². The Morgan fingerprint density at radius 3 is 2.89 bits per heavy atom. The van der Waals surface area contributed by atoms with Crippen molar-refractivity contribution in [1.29, 1.82) is 0 Å². The Kier molecular flexibility index (Phi) is 6.23. The van der Waals surface area contributed by atoms with Crippen molar-refractivity contribution in [2.45, 2.75) is 44.9 Å². The molecule has 9 nitrogen and oxygen atoms in total. The number of rotatable bonds is 7. The summed E-state index contributed by atoms with van der Waals surface area (Å²) in [5.74, 6) is 0.583. The van der Waals surface area contributed by atoms with E-state index in [0.29, 0.717) is 35.2 Å². The molecule has 2 amide bonds. The van der Waals surface area contributed by atoms with Crippen molar-refractivity contribution in [3.63, 3.8) is 0 Å². The number of hydrogen-bond donors (Lipinski definition) is 2. The van der Waals surface area contributed by atoms with E-state index in [2.05, 4.69) is 16.9 Å². The first-order valence-electron chi connectivity index (χ1n) is 11.7. The van der Waals surface area contributed by atoms with E-state index in [0.717, 1.165) is 28.8 Å². The number of fused-ring (bicyclic) bond motifs is 1. The van der Waals surface area contributed by atoms with Gasteiger partial charge in [-0.3, -0.25) is 14.9 Å². The zero-order valence-corrected chi connectivity index (χ0v) is 20.9. The summed E-state index contributed by atoms with van der Waals surface area (Å²) in [6.07, 6.45) is 6.04. The number of benzene rings is 1. The van der Waals surface area contributed by atoms with E-state index in [4.69, 9.17) is 9.40 Å². The minimum Gasteiger partial charge on any atom is -0.443 e. The molecular formula is C26H27N5O4S. The number of amides is 2. The van der Waals surface area contributed by atoms with Crippen molar-refractivity contribution in [3.8, 4) is 10.6 Å². The van der Waals surface area contributed by atoms with Crippen LogP contribution in [-0.4, -0.2) is 48.9 Å². The fraction of sp³-hybridized carbons (Fsp3) is 0.308. The van der Waals surface area contributed by atoms with Gasteiger partial charge in [0.1, 0.15) is 0 Å². The molecule has 0 radical (unpaired) electrons. The first kappa shape index (κ1) is 24.0. The highest BCUT2D eigenvalue weighted by Gasteiger charge is 2.29. The molecule has 0 spiro atoms. The van der Waals surface area contributed by atoms with Gasteiger partial charge in [0.15, 0.2) is 12.2 Å². The molecule has 0 aliphatic carbocycles. The van der Waals surface area contributed by atoms with Crippen LogP contribution in [0.4, 0.5) is 5.95 Å². The predicted molar refractivity (Wildman–Crippen MR) is 138 cm³/mol. The van der Waals surface area contributed by atoms with Gasteiger partial charge in [0, 0.05) is 13.1 Å². The largest absolute Gasteiger partial charge is 0.443 e. The van der Waals surface area contributed by atoms with Crippen molar-refractivity contribution < 1.29 is 19.1 Å². The van der Waals surface area contributed by atoms with Gasteiger partial charge in [0.05, 0.1) is 38.6 Å². The van der Waals surface area contributed by atoms with E-state index >= 15 is 0 Å². The Bertz CT molecular complexity index is 1430. The third-order valence-corrected chi connectivity index (χ3v) is 7.51. The number of aliphatic hydroxyl groups is 1. The van der Waals surface area contributed by atoms with Crippen LogP contribution in [0.15, 0.2) is 60.0 Å². The number of aromatic nitrogens is 3. The van der Waals surface area contributed by atoms with Crippen LogP contribution in [0.3, 0.4) is 0 Å². The molecule has 1 atom stereocenters. The van der Waals surface area contributed by atoms with E-state index in [1.165, 1.54) is 23.8 Å². The summed E-state index contributed by atoms with van der Waals surface area (Å²) in [6.45, 7) is 8.21. The molecule has 186 valence electrons. The smallest absolute Gasteiger partial charge is 0.268 e. The third kappa shape index (κ3) is 4.57. The molecule has 1 aliphatic heterocycles. The zero-order chi connectivity index (χ0) is 25.4. The average molecular weight is 506 g/mol. The predicted octanol–water partition coefficient (Wildman–Crippen LogP) is 4.41. The Balaban J connectivity index is 1.49. The lowest BCUT2D eigenvalue weighted by Crippen LogP contribution is -2.37. The first-order valence-corrected chi connectivity index (χ1v) is 12.5. The van der Waals surface area contributed by atoms with Gasteiger partial charge in [-0.1, -0.05) is 12.6 Å². The molecule has 2 N–H and O–H groups in total. The Hall–Kier alpha value is -3.76. The Labute approximate surface area is 212 Å².